The van der Waals surface area contributed by atoms with E-state index in [1.54, 1.807) is 4.90 Å². The number of amides is 2. The van der Waals surface area contributed by atoms with E-state index in [0.29, 0.717) is 37.7 Å². The highest BCUT2D eigenvalue weighted by atomic mass is 16.5. The van der Waals surface area contributed by atoms with Crippen LogP contribution in [-0.4, -0.2) is 42.5 Å². The second-order valence-corrected chi connectivity index (χ2v) is 7.50. The highest BCUT2D eigenvalue weighted by Gasteiger charge is 2.33. The summed E-state index contributed by atoms with van der Waals surface area (Å²) in [5.41, 5.74) is 0.942. The van der Waals surface area contributed by atoms with Gasteiger partial charge in [0.2, 0.25) is 11.8 Å². The van der Waals surface area contributed by atoms with Crippen molar-refractivity contribution in [3.63, 3.8) is 0 Å². The van der Waals surface area contributed by atoms with Crippen molar-refractivity contribution in [2.45, 2.75) is 66.0 Å². The minimum Gasteiger partial charge on any atom is -0.490 e. The maximum atomic E-state index is 12.9. The van der Waals surface area contributed by atoms with Crippen LogP contribution in [0.1, 0.15) is 65.5 Å². The van der Waals surface area contributed by atoms with Crippen molar-refractivity contribution in [1.29, 1.82) is 0 Å². The zero-order chi connectivity index (χ0) is 20.7. The van der Waals surface area contributed by atoms with Gasteiger partial charge in [0.15, 0.2) is 11.5 Å². The second-order valence-electron chi connectivity index (χ2n) is 7.50. The lowest BCUT2D eigenvalue weighted by atomic mass is 9.98. The van der Waals surface area contributed by atoms with E-state index < -0.39 is 0 Å². The molecule has 0 aromatic heterocycles. The van der Waals surface area contributed by atoms with Crippen LogP contribution >= 0.6 is 0 Å². The quantitative estimate of drug-likeness (QED) is 0.735. The Morgan fingerprint density at radius 2 is 1.79 bits per heavy atom. The molecular weight excluding hydrogens is 356 g/mol. The molecule has 1 saturated heterocycles. The van der Waals surface area contributed by atoms with Gasteiger partial charge < -0.3 is 19.7 Å². The Hall–Kier alpha value is -2.24. The lowest BCUT2D eigenvalue weighted by Crippen LogP contribution is -2.53. The van der Waals surface area contributed by atoms with Crippen LogP contribution in [0.4, 0.5) is 0 Å². The molecule has 0 saturated carbocycles. The fraction of sp³-hybridized carbons (Fsp3) is 0.636. The van der Waals surface area contributed by atoms with Crippen LogP contribution in [0.5, 0.6) is 11.5 Å². The van der Waals surface area contributed by atoms with Gasteiger partial charge in [0.1, 0.15) is 6.04 Å². The molecule has 1 heterocycles. The fourth-order valence-corrected chi connectivity index (χ4v) is 3.53. The van der Waals surface area contributed by atoms with Crippen molar-refractivity contribution < 1.29 is 19.1 Å². The topological polar surface area (TPSA) is 67.9 Å². The molecule has 6 heteroatoms. The molecule has 2 amide bonds. The molecule has 1 aliphatic rings. The maximum Gasteiger partial charge on any atom is 0.243 e. The lowest BCUT2D eigenvalue weighted by molar-refractivity contribution is -0.144. The average molecular weight is 391 g/mol. The van der Waals surface area contributed by atoms with Crippen LogP contribution in [-0.2, 0) is 9.59 Å². The van der Waals surface area contributed by atoms with Gasteiger partial charge in [0, 0.05) is 12.5 Å². The normalized spacial score (nSPS) is 17.9. The highest BCUT2D eigenvalue weighted by molar-refractivity contribution is 5.88. The van der Waals surface area contributed by atoms with Gasteiger partial charge in [-0.3, -0.25) is 9.59 Å². The summed E-state index contributed by atoms with van der Waals surface area (Å²) < 4.78 is 11.3. The van der Waals surface area contributed by atoms with E-state index in [2.05, 4.69) is 5.32 Å². The lowest BCUT2D eigenvalue weighted by Gasteiger charge is -2.36. The first-order chi connectivity index (χ1) is 13.4. The molecule has 156 valence electrons. The Bertz CT molecular complexity index is 675. The van der Waals surface area contributed by atoms with Crippen LogP contribution in [0, 0.1) is 5.92 Å². The van der Waals surface area contributed by atoms with E-state index in [1.165, 1.54) is 0 Å². The Kier molecular flexibility index (Phi) is 8.15. The Labute approximate surface area is 168 Å². The number of likely N-dealkylation sites (tertiary alicyclic amines) is 1. The molecule has 1 aromatic carbocycles. The second kappa shape index (κ2) is 10.3. The molecule has 1 N–H and O–H groups in total. The molecular formula is C22H34N2O4. The molecule has 2 unspecified atom stereocenters. The minimum absolute atomic E-state index is 0.0483. The summed E-state index contributed by atoms with van der Waals surface area (Å²) >= 11 is 0. The van der Waals surface area contributed by atoms with Crippen LogP contribution in [0.2, 0.25) is 0 Å². The third kappa shape index (κ3) is 5.40. The van der Waals surface area contributed by atoms with E-state index in [1.807, 2.05) is 52.8 Å². The van der Waals surface area contributed by atoms with Gasteiger partial charge >= 0.3 is 0 Å². The van der Waals surface area contributed by atoms with Crippen molar-refractivity contribution >= 4 is 11.8 Å². The van der Waals surface area contributed by atoms with Gasteiger partial charge in [0.05, 0.1) is 19.3 Å². The first kappa shape index (κ1) is 22.1. The minimum atomic E-state index is -0.389. The summed E-state index contributed by atoms with van der Waals surface area (Å²) in [4.78, 5) is 27.2. The standard InChI is InChI=1S/C22H34N2O4/c1-6-27-19-12-11-17(14-20(19)28-7-2)16(5)23-21(25)18-10-8-9-13-24(18)22(26)15(3)4/h11-12,14-16,18H,6-10,13H2,1-5H3,(H,23,25). The van der Waals surface area contributed by atoms with Crippen LogP contribution in [0.15, 0.2) is 18.2 Å². The number of hydrogen-bond donors (Lipinski definition) is 1. The molecule has 1 fully saturated rings. The van der Waals surface area contributed by atoms with E-state index in [0.717, 1.165) is 18.4 Å². The largest absolute Gasteiger partial charge is 0.490 e. The third-order valence-electron chi connectivity index (χ3n) is 5.01. The van der Waals surface area contributed by atoms with Gasteiger partial charge in [0.25, 0.3) is 0 Å². The molecule has 28 heavy (non-hydrogen) atoms. The third-order valence-corrected chi connectivity index (χ3v) is 5.01. The molecule has 0 aliphatic carbocycles. The molecule has 6 nitrogen and oxygen atoms in total. The molecule has 2 atom stereocenters. The average Bonchev–Trinajstić information content (AvgIpc) is 2.68. The first-order valence-electron chi connectivity index (χ1n) is 10.4. The predicted molar refractivity (Wildman–Crippen MR) is 110 cm³/mol. The number of ether oxygens (including phenoxy) is 2. The van der Waals surface area contributed by atoms with Gasteiger partial charge in [-0.2, -0.15) is 0 Å². The Morgan fingerprint density at radius 3 is 2.43 bits per heavy atom. The smallest absolute Gasteiger partial charge is 0.243 e. The molecule has 1 aliphatic heterocycles. The SMILES string of the molecule is CCOc1ccc(C(C)NC(=O)C2CCCCN2C(=O)C(C)C)cc1OCC. The van der Waals surface area contributed by atoms with E-state index in [-0.39, 0.29) is 29.8 Å². The van der Waals surface area contributed by atoms with Crippen molar-refractivity contribution in [2.24, 2.45) is 5.92 Å². The summed E-state index contributed by atoms with van der Waals surface area (Å²) in [5, 5.41) is 3.08. The molecule has 0 spiro atoms. The van der Waals surface area contributed by atoms with Crippen LogP contribution in [0.3, 0.4) is 0 Å². The summed E-state index contributed by atoms with van der Waals surface area (Å²) in [7, 11) is 0. The number of hydrogen-bond acceptors (Lipinski definition) is 4. The highest BCUT2D eigenvalue weighted by Crippen LogP contribution is 2.31. The van der Waals surface area contributed by atoms with Gasteiger partial charge in [-0.25, -0.2) is 0 Å². The van der Waals surface area contributed by atoms with Crippen molar-refractivity contribution in [2.75, 3.05) is 19.8 Å². The summed E-state index contributed by atoms with van der Waals surface area (Å²) in [6.45, 7) is 11.3. The fourth-order valence-electron chi connectivity index (χ4n) is 3.53. The first-order valence-corrected chi connectivity index (χ1v) is 10.4. The summed E-state index contributed by atoms with van der Waals surface area (Å²) in [6, 6.07) is 5.15. The Morgan fingerprint density at radius 1 is 1.11 bits per heavy atom. The van der Waals surface area contributed by atoms with E-state index in [4.69, 9.17) is 9.47 Å². The van der Waals surface area contributed by atoms with Crippen molar-refractivity contribution in [3.05, 3.63) is 23.8 Å². The molecule has 2 rings (SSSR count). The molecule has 0 radical (unpaired) electrons. The number of rotatable bonds is 8. The zero-order valence-corrected chi connectivity index (χ0v) is 17.8. The number of benzene rings is 1. The maximum absolute atomic E-state index is 12.9. The van der Waals surface area contributed by atoms with Crippen LogP contribution in [0.25, 0.3) is 0 Å². The van der Waals surface area contributed by atoms with Crippen molar-refractivity contribution in [1.82, 2.24) is 10.2 Å². The van der Waals surface area contributed by atoms with Gasteiger partial charge in [-0.05, 0) is 57.7 Å². The Balaban J connectivity index is 2.12. The molecule has 0 bridgehead atoms. The zero-order valence-electron chi connectivity index (χ0n) is 17.8. The van der Waals surface area contributed by atoms with E-state index in [9.17, 15) is 9.59 Å². The number of carbonyl (C=O) groups is 2. The van der Waals surface area contributed by atoms with Gasteiger partial charge in [-0.1, -0.05) is 19.9 Å². The predicted octanol–water partition coefficient (Wildman–Crippen LogP) is 3.70. The van der Waals surface area contributed by atoms with Crippen LogP contribution < -0.4 is 14.8 Å². The monoisotopic (exact) mass is 390 g/mol. The number of nitrogens with zero attached hydrogens (tertiary/aromatic N) is 1. The molecule has 1 aromatic rings. The summed E-state index contributed by atoms with van der Waals surface area (Å²) in [5.74, 6) is 1.23. The van der Waals surface area contributed by atoms with Crippen molar-refractivity contribution in [3.8, 4) is 11.5 Å². The van der Waals surface area contributed by atoms with E-state index >= 15 is 0 Å². The van der Waals surface area contributed by atoms with Gasteiger partial charge in [-0.15, -0.1) is 0 Å². The number of nitrogens with one attached hydrogen (secondary N) is 1. The number of carbonyl (C=O) groups excluding carboxylic acids is 2. The summed E-state index contributed by atoms with van der Waals surface area (Å²) in [6.07, 6.45) is 2.63. The number of piperidine rings is 1.